The van der Waals surface area contributed by atoms with E-state index < -0.39 is 45.8 Å². The Labute approximate surface area is 148 Å². The van der Waals surface area contributed by atoms with Crippen LogP contribution < -0.4 is 0 Å². The van der Waals surface area contributed by atoms with Crippen LogP contribution in [0.3, 0.4) is 0 Å². The van der Waals surface area contributed by atoms with Gasteiger partial charge in [0.15, 0.2) is 6.61 Å². The molecule has 2 bridgehead atoms. The average Bonchev–Trinajstić information content (AvgIpc) is 3.10. The van der Waals surface area contributed by atoms with E-state index in [-0.39, 0.29) is 24.4 Å². The van der Waals surface area contributed by atoms with E-state index in [2.05, 4.69) is 4.74 Å². The molecule has 1 heterocycles. The first-order chi connectivity index (χ1) is 12.1. The summed E-state index contributed by atoms with van der Waals surface area (Å²) >= 11 is 0. The number of ether oxygens (including phenoxy) is 3. The van der Waals surface area contributed by atoms with Crippen LogP contribution in [-0.2, 0) is 33.9 Å². The molecule has 4 unspecified atom stereocenters. The molecule has 0 amide bonds. The van der Waals surface area contributed by atoms with Gasteiger partial charge in [0.2, 0.25) is 0 Å². The van der Waals surface area contributed by atoms with Crippen LogP contribution in [0.1, 0.15) is 6.42 Å². The lowest BCUT2D eigenvalue weighted by atomic mass is 9.83. The Balaban J connectivity index is 1.63. The van der Waals surface area contributed by atoms with Crippen molar-refractivity contribution in [3.63, 3.8) is 0 Å². The van der Waals surface area contributed by atoms with Crippen molar-refractivity contribution in [2.75, 3.05) is 26.4 Å². The number of carbonyl (C=O) groups is 2. The van der Waals surface area contributed by atoms with E-state index in [0.717, 1.165) is 0 Å². The van der Waals surface area contributed by atoms with E-state index in [1.807, 2.05) is 0 Å². The highest BCUT2D eigenvalue weighted by atomic mass is 32.2. The van der Waals surface area contributed by atoms with Crippen molar-refractivity contribution in [2.45, 2.75) is 11.7 Å². The number of alkyl halides is 2. The van der Waals surface area contributed by atoms with Gasteiger partial charge in [0.25, 0.3) is 0 Å². The van der Waals surface area contributed by atoms with Gasteiger partial charge in [0.1, 0.15) is 0 Å². The first-order valence-corrected chi connectivity index (χ1v) is 9.48. The van der Waals surface area contributed by atoms with Crippen LogP contribution in [0.2, 0.25) is 0 Å². The zero-order chi connectivity index (χ0) is 19.1. The van der Waals surface area contributed by atoms with Gasteiger partial charge in [0, 0.05) is 5.92 Å². The predicted molar refractivity (Wildman–Crippen MR) is 80.4 cm³/mol. The number of fused-ring (bicyclic) bond motifs is 2. The number of hydrogen-bond acceptors (Lipinski definition) is 7. The smallest absolute Gasteiger partial charge is 0.402 e. The average molecular weight is 396 g/mol. The molecule has 1 saturated heterocycles. The Bertz CT molecular complexity index is 715. The maximum atomic E-state index is 13.2. The summed E-state index contributed by atoms with van der Waals surface area (Å²) in [6, 6.07) is 0. The van der Waals surface area contributed by atoms with Crippen molar-refractivity contribution >= 4 is 22.1 Å². The van der Waals surface area contributed by atoms with Gasteiger partial charge < -0.3 is 14.2 Å². The first kappa shape index (κ1) is 19.2. The summed E-state index contributed by atoms with van der Waals surface area (Å²) in [5, 5.41) is -4.61. The van der Waals surface area contributed by atoms with Crippen molar-refractivity contribution < 1.29 is 45.6 Å². The largest absolute Gasteiger partial charge is 0.465 e. The maximum absolute atomic E-state index is 13.2. The molecule has 4 atom stereocenters. The van der Waals surface area contributed by atoms with Crippen molar-refractivity contribution in [2.24, 2.45) is 29.6 Å². The maximum Gasteiger partial charge on any atom is 0.402 e. The summed E-state index contributed by atoms with van der Waals surface area (Å²) in [6.45, 7) is -0.692. The molecule has 3 aliphatic rings. The van der Waals surface area contributed by atoms with Gasteiger partial charge >= 0.3 is 27.3 Å². The number of esters is 2. The van der Waals surface area contributed by atoms with Gasteiger partial charge in [0.05, 0.1) is 31.7 Å². The fourth-order valence-corrected chi connectivity index (χ4v) is 3.68. The number of hydrogen-bond donors (Lipinski definition) is 1. The van der Waals surface area contributed by atoms with Crippen molar-refractivity contribution in [3.8, 4) is 0 Å². The summed E-state index contributed by atoms with van der Waals surface area (Å²) in [7, 11) is -5.70. The van der Waals surface area contributed by atoms with Crippen LogP contribution >= 0.6 is 0 Å². The molecule has 0 spiro atoms. The second-order valence-corrected chi connectivity index (χ2v) is 8.30. The number of rotatable bonds is 7. The second kappa shape index (κ2) is 6.86. The lowest BCUT2D eigenvalue weighted by Crippen LogP contribution is -2.40. The minimum Gasteiger partial charge on any atom is -0.465 e. The Morgan fingerprint density at radius 3 is 2.12 bits per heavy atom. The standard InChI is InChI=1S/C15H18F2O8S/c16-15(17,26(20,21)22)7-25-14(19)12-10-2-1-9(3-10)11(12)13(18)24-6-8-4-23-5-8/h1-2,8-12H,3-7H2,(H,20,21,22). The van der Waals surface area contributed by atoms with Crippen molar-refractivity contribution in [3.05, 3.63) is 12.2 Å². The summed E-state index contributed by atoms with van der Waals surface area (Å²) in [6.07, 6.45) is 3.97. The van der Waals surface area contributed by atoms with E-state index in [9.17, 15) is 26.8 Å². The second-order valence-electron chi connectivity index (χ2n) is 6.75. The monoisotopic (exact) mass is 396 g/mol. The summed E-state index contributed by atoms with van der Waals surface area (Å²) < 4.78 is 70.7. The summed E-state index contributed by atoms with van der Waals surface area (Å²) in [5.41, 5.74) is 0. The molecule has 1 N–H and O–H groups in total. The molecule has 146 valence electrons. The SMILES string of the molecule is O=C(OCC1COC1)C1C2C=CC(C2)C1C(=O)OCC(F)(F)S(=O)(=O)O. The minimum absolute atomic E-state index is 0.104. The fraction of sp³-hybridized carbons (Fsp3) is 0.733. The van der Waals surface area contributed by atoms with Gasteiger partial charge in [-0.2, -0.15) is 17.2 Å². The molecule has 1 saturated carbocycles. The normalized spacial score (nSPS) is 30.9. The third-order valence-electron chi connectivity index (χ3n) is 4.93. The lowest BCUT2D eigenvalue weighted by Gasteiger charge is -2.28. The third-order valence-corrected chi connectivity index (χ3v) is 5.80. The molecule has 1 aliphatic heterocycles. The first-order valence-electron chi connectivity index (χ1n) is 8.04. The summed E-state index contributed by atoms with van der Waals surface area (Å²) in [4.78, 5) is 24.6. The molecule has 0 aromatic rings. The van der Waals surface area contributed by atoms with Crippen LogP contribution in [0.15, 0.2) is 12.2 Å². The highest BCUT2D eigenvalue weighted by molar-refractivity contribution is 7.86. The van der Waals surface area contributed by atoms with E-state index in [1.54, 1.807) is 12.2 Å². The zero-order valence-electron chi connectivity index (χ0n) is 13.5. The molecular weight excluding hydrogens is 378 g/mol. The van der Waals surface area contributed by atoms with Crippen LogP contribution in [0, 0.1) is 29.6 Å². The molecule has 2 aliphatic carbocycles. The molecule has 3 rings (SSSR count). The van der Waals surface area contributed by atoms with E-state index in [1.165, 1.54) is 0 Å². The lowest BCUT2D eigenvalue weighted by molar-refractivity contribution is -0.167. The number of carbonyl (C=O) groups excluding carboxylic acids is 2. The van der Waals surface area contributed by atoms with Gasteiger partial charge in [-0.15, -0.1) is 0 Å². The Kier molecular flexibility index (Phi) is 5.06. The number of halogens is 2. The topological polar surface area (TPSA) is 116 Å². The molecule has 2 fully saturated rings. The highest BCUT2D eigenvalue weighted by Gasteiger charge is 2.54. The molecule has 11 heteroatoms. The van der Waals surface area contributed by atoms with Crippen LogP contribution in [0.5, 0.6) is 0 Å². The summed E-state index contributed by atoms with van der Waals surface area (Å²) in [5.74, 6) is -4.13. The van der Waals surface area contributed by atoms with E-state index in [0.29, 0.717) is 19.6 Å². The van der Waals surface area contributed by atoms with E-state index >= 15 is 0 Å². The van der Waals surface area contributed by atoms with Gasteiger partial charge in [-0.05, 0) is 18.3 Å². The van der Waals surface area contributed by atoms with Gasteiger partial charge in [-0.1, -0.05) is 12.2 Å². The molecule has 8 nitrogen and oxygen atoms in total. The van der Waals surface area contributed by atoms with Crippen LogP contribution in [-0.4, -0.2) is 56.6 Å². The Morgan fingerprint density at radius 2 is 1.65 bits per heavy atom. The van der Waals surface area contributed by atoms with Crippen molar-refractivity contribution in [1.29, 1.82) is 0 Å². The quantitative estimate of drug-likeness (QED) is 0.379. The Morgan fingerprint density at radius 1 is 1.12 bits per heavy atom. The molecule has 0 aromatic heterocycles. The van der Waals surface area contributed by atoms with Crippen LogP contribution in [0.25, 0.3) is 0 Å². The minimum atomic E-state index is -5.70. The predicted octanol–water partition coefficient (Wildman–Crippen LogP) is 0.638. The van der Waals surface area contributed by atoms with Crippen molar-refractivity contribution in [1.82, 2.24) is 0 Å². The highest BCUT2D eigenvalue weighted by Crippen LogP contribution is 2.49. The van der Waals surface area contributed by atoms with E-state index in [4.69, 9.17) is 14.0 Å². The molecule has 0 aromatic carbocycles. The third kappa shape index (κ3) is 3.60. The molecular formula is C15H18F2O8S. The molecule has 0 radical (unpaired) electrons. The van der Waals surface area contributed by atoms with Gasteiger partial charge in [-0.3, -0.25) is 14.1 Å². The zero-order valence-corrected chi connectivity index (χ0v) is 14.4. The number of allylic oxidation sites excluding steroid dienone is 2. The Hall–Kier alpha value is -1.59. The fourth-order valence-electron chi connectivity index (χ4n) is 3.47. The van der Waals surface area contributed by atoms with Crippen LogP contribution in [0.4, 0.5) is 8.78 Å². The van der Waals surface area contributed by atoms with Gasteiger partial charge in [-0.25, -0.2) is 0 Å². The molecule has 26 heavy (non-hydrogen) atoms.